The average Bonchev–Trinajstić information content (AvgIpc) is 3.05. The minimum Gasteiger partial charge on any atom is -0.103 e. The van der Waals surface area contributed by atoms with Gasteiger partial charge in [-0.3, -0.25) is 0 Å². The Labute approximate surface area is 293 Å². The van der Waals surface area contributed by atoms with Gasteiger partial charge in [0.1, 0.15) is 0 Å². The molecule has 0 saturated carbocycles. The van der Waals surface area contributed by atoms with Crippen LogP contribution >= 0.6 is 0 Å². The third kappa shape index (κ3) is 27.2. The van der Waals surface area contributed by atoms with E-state index in [9.17, 15) is 0 Å². The lowest BCUT2D eigenvalue weighted by Gasteiger charge is -2.24. The predicted octanol–water partition coefficient (Wildman–Crippen LogP) is 16.8. The zero-order chi connectivity index (χ0) is 34.3. The summed E-state index contributed by atoms with van der Waals surface area (Å²) in [7, 11) is 0. The van der Waals surface area contributed by atoms with Crippen molar-refractivity contribution in [3.63, 3.8) is 0 Å². The average molecular weight is 641 g/mol. The molecule has 272 valence electrons. The summed E-state index contributed by atoms with van der Waals surface area (Å²) < 4.78 is 0. The molecule has 0 bridgehead atoms. The minimum absolute atomic E-state index is 0.724. The number of hydrogen-bond acceptors (Lipinski definition) is 0. The number of rotatable bonds is 34. The van der Waals surface area contributed by atoms with Crippen LogP contribution in [0.2, 0.25) is 0 Å². The lowest BCUT2D eigenvalue weighted by Crippen LogP contribution is -2.11. The van der Waals surface area contributed by atoms with Gasteiger partial charge >= 0.3 is 0 Å². The van der Waals surface area contributed by atoms with Crippen molar-refractivity contribution in [2.45, 2.75) is 229 Å². The molecule has 0 aromatic rings. The SMILES string of the molecule is C=CCCC(CCC)CC(C=C(C)C(C)CCC(CC)CC(C)CCCCCCCCCCC)CCCCCCCC=C(C)CC. The molecule has 5 atom stereocenters. The van der Waals surface area contributed by atoms with Crippen LogP contribution < -0.4 is 0 Å². The molecule has 0 radical (unpaired) electrons. The van der Waals surface area contributed by atoms with Gasteiger partial charge in [-0.05, 0) is 108 Å². The Kier molecular flexibility index (Phi) is 32.2. The highest BCUT2D eigenvalue weighted by molar-refractivity contribution is 5.05. The van der Waals surface area contributed by atoms with Crippen LogP contribution in [0, 0.1) is 29.6 Å². The number of hydrogen-bond donors (Lipinski definition) is 0. The van der Waals surface area contributed by atoms with Crippen molar-refractivity contribution < 1.29 is 0 Å². The van der Waals surface area contributed by atoms with Gasteiger partial charge in [-0.1, -0.05) is 180 Å². The van der Waals surface area contributed by atoms with Gasteiger partial charge in [0.05, 0.1) is 0 Å². The first-order valence-electron chi connectivity index (χ1n) is 21.3. The molecule has 5 unspecified atom stereocenters. The van der Waals surface area contributed by atoms with Gasteiger partial charge in [0.2, 0.25) is 0 Å². The second-order valence-corrected chi connectivity index (χ2v) is 15.9. The van der Waals surface area contributed by atoms with Crippen molar-refractivity contribution in [1.82, 2.24) is 0 Å². The van der Waals surface area contributed by atoms with Crippen molar-refractivity contribution in [2.75, 3.05) is 0 Å². The molecule has 0 aliphatic carbocycles. The molecule has 46 heavy (non-hydrogen) atoms. The molecule has 0 aliphatic rings. The predicted molar refractivity (Wildman–Crippen MR) is 214 cm³/mol. The highest BCUT2D eigenvalue weighted by Gasteiger charge is 2.18. The third-order valence-electron chi connectivity index (χ3n) is 11.3. The Morgan fingerprint density at radius 1 is 0.565 bits per heavy atom. The standard InChI is InChI=1S/C46H88/c1-10-15-17-18-19-20-21-25-28-32-41(7)37-44(14-5)36-35-42(8)43(9)38-46(39-45(30-12-3)33-16-11-2)34-29-26-23-22-24-27-31-40(6)13-4/h11,31,38,41-42,44-46H,2,10,12-30,32-37,39H2,1,3-9H3. The first-order chi connectivity index (χ1) is 22.3. The summed E-state index contributed by atoms with van der Waals surface area (Å²) in [6.07, 6.45) is 44.9. The fourth-order valence-electron chi connectivity index (χ4n) is 7.64. The van der Waals surface area contributed by atoms with Crippen molar-refractivity contribution in [1.29, 1.82) is 0 Å². The monoisotopic (exact) mass is 641 g/mol. The molecule has 0 N–H and O–H groups in total. The van der Waals surface area contributed by atoms with Crippen molar-refractivity contribution in [2.24, 2.45) is 29.6 Å². The Hall–Kier alpha value is -0.780. The van der Waals surface area contributed by atoms with Crippen LogP contribution in [0.4, 0.5) is 0 Å². The number of unbranched alkanes of at least 4 members (excludes halogenated alkanes) is 13. The van der Waals surface area contributed by atoms with Crippen LogP contribution in [-0.4, -0.2) is 0 Å². The van der Waals surface area contributed by atoms with E-state index in [1.54, 1.807) is 11.1 Å². The van der Waals surface area contributed by atoms with E-state index in [0.717, 1.165) is 29.6 Å². The van der Waals surface area contributed by atoms with Crippen LogP contribution in [0.5, 0.6) is 0 Å². The van der Waals surface area contributed by atoms with E-state index in [2.05, 4.69) is 80.2 Å². The summed E-state index contributed by atoms with van der Waals surface area (Å²) in [6, 6.07) is 0. The van der Waals surface area contributed by atoms with E-state index < -0.39 is 0 Å². The third-order valence-corrected chi connectivity index (χ3v) is 11.3. The summed E-state index contributed by atoms with van der Waals surface area (Å²) in [5.41, 5.74) is 3.24. The molecular weight excluding hydrogens is 553 g/mol. The maximum Gasteiger partial charge on any atom is -0.0228 e. The van der Waals surface area contributed by atoms with E-state index in [0.29, 0.717) is 0 Å². The molecule has 0 nitrogen and oxygen atoms in total. The molecule has 0 spiro atoms. The fraction of sp³-hybridized carbons (Fsp3) is 0.870. The van der Waals surface area contributed by atoms with Gasteiger partial charge in [-0.2, -0.15) is 0 Å². The molecule has 0 aromatic carbocycles. The quantitative estimate of drug-likeness (QED) is 0.0485. The summed E-state index contributed by atoms with van der Waals surface area (Å²) in [4.78, 5) is 0. The largest absolute Gasteiger partial charge is 0.103 e. The van der Waals surface area contributed by atoms with Crippen LogP contribution in [0.25, 0.3) is 0 Å². The summed E-state index contributed by atoms with van der Waals surface area (Å²) in [5.74, 6) is 4.15. The minimum atomic E-state index is 0.724. The molecule has 0 saturated heterocycles. The molecule has 0 amide bonds. The van der Waals surface area contributed by atoms with Crippen molar-refractivity contribution >= 4 is 0 Å². The van der Waals surface area contributed by atoms with Gasteiger partial charge in [-0.15, -0.1) is 6.58 Å². The normalized spacial score (nSPS) is 15.9. The first kappa shape index (κ1) is 45.2. The van der Waals surface area contributed by atoms with Gasteiger partial charge < -0.3 is 0 Å². The maximum atomic E-state index is 4.03. The molecule has 0 heterocycles. The molecule has 0 fully saturated rings. The van der Waals surface area contributed by atoms with E-state index in [-0.39, 0.29) is 0 Å². The topological polar surface area (TPSA) is 0 Å². The Morgan fingerprint density at radius 3 is 1.76 bits per heavy atom. The lowest BCUT2D eigenvalue weighted by atomic mass is 9.81. The zero-order valence-electron chi connectivity index (χ0n) is 33.4. The highest BCUT2D eigenvalue weighted by atomic mass is 14.2. The summed E-state index contributed by atoms with van der Waals surface area (Å²) in [5, 5.41) is 0. The summed E-state index contributed by atoms with van der Waals surface area (Å²) in [6.45, 7) is 23.2. The molecule has 0 aromatic heterocycles. The van der Waals surface area contributed by atoms with E-state index >= 15 is 0 Å². The van der Waals surface area contributed by atoms with Gasteiger partial charge in [0, 0.05) is 0 Å². The van der Waals surface area contributed by atoms with Gasteiger partial charge in [-0.25, -0.2) is 0 Å². The van der Waals surface area contributed by atoms with E-state index in [4.69, 9.17) is 0 Å². The van der Waals surface area contributed by atoms with Crippen molar-refractivity contribution in [3.8, 4) is 0 Å². The van der Waals surface area contributed by atoms with Crippen LogP contribution in [0.1, 0.15) is 229 Å². The van der Waals surface area contributed by atoms with Crippen LogP contribution in [0.3, 0.4) is 0 Å². The Balaban J connectivity index is 4.78. The maximum absolute atomic E-state index is 4.03. The zero-order valence-corrected chi connectivity index (χ0v) is 33.4. The molecule has 0 rings (SSSR count). The lowest BCUT2D eigenvalue weighted by molar-refractivity contribution is 0.321. The second-order valence-electron chi connectivity index (χ2n) is 15.9. The van der Waals surface area contributed by atoms with Crippen LogP contribution in [-0.2, 0) is 0 Å². The van der Waals surface area contributed by atoms with E-state index in [1.807, 2.05) is 0 Å². The molecule has 0 aliphatic heterocycles. The fourth-order valence-corrected chi connectivity index (χ4v) is 7.64. The van der Waals surface area contributed by atoms with Crippen molar-refractivity contribution in [3.05, 3.63) is 36.0 Å². The Morgan fingerprint density at radius 2 is 1.17 bits per heavy atom. The second kappa shape index (κ2) is 32.8. The van der Waals surface area contributed by atoms with E-state index in [1.165, 1.54) is 173 Å². The molecular formula is C46H88. The smallest absolute Gasteiger partial charge is 0.0228 e. The first-order valence-corrected chi connectivity index (χ1v) is 21.3. The molecule has 0 heteroatoms. The Bertz CT molecular complexity index is 710. The van der Waals surface area contributed by atoms with Gasteiger partial charge in [0.25, 0.3) is 0 Å². The number of allylic oxidation sites excluding steroid dienone is 5. The van der Waals surface area contributed by atoms with Crippen LogP contribution in [0.15, 0.2) is 36.0 Å². The highest BCUT2D eigenvalue weighted by Crippen LogP contribution is 2.32. The van der Waals surface area contributed by atoms with Gasteiger partial charge in [0.15, 0.2) is 0 Å². The summed E-state index contributed by atoms with van der Waals surface area (Å²) >= 11 is 0.